The molecule has 14 nitrogen and oxygen atoms in total. The largest absolute Gasteiger partial charge is 0.480 e. The molecule has 14 heteroatoms. The normalized spacial score (nSPS) is 19.5. The second kappa shape index (κ2) is 19.3. The van der Waals surface area contributed by atoms with Gasteiger partial charge in [-0.3, -0.25) is 43.6 Å². The topological polar surface area (TPSA) is 183 Å². The molecule has 0 aromatic carbocycles. The van der Waals surface area contributed by atoms with Crippen LogP contribution in [0.1, 0.15) is 44.9 Å². The molecule has 0 unspecified atom stereocenters. The standard InChI is InChI=1S/C27H48N6O8/c34-23(29-17-22-5-2-1-3-6-22)7-4-8-28-24(35)18-30-9-11-31(19-25(36)37)13-15-33(21-27(40)41)16-14-32(12-10-30)20-26(38)39/h22H,1-21H2,(H,28,35)(H,29,34)(H,36,37)(H,38,39)(H,40,41). The van der Waals surface area contributed by atoms with E-state index in [4.69, 9.17) is 0 Å². The second-order valence-corrected chi connectivity index (χ2v) is 11.0. The van der Waals surface area contributed by atoms with Gasteiger partial charge in [-0.05, 0) is 25.2 Å². The predicted molar refractivity (Wildman–Crippen MR) is 150 cm³/mol. The number of hydrogen-bond acceptors (Lipinski definition) is 9. The molecule has 2 rings (SSSR count). The molecule has 41 heavy (non-hydrogen) atoms. The van der Waals surface area contributed by atoms with Crippen LogP contribution in [0.3, 0.4) is 0 Å². The van der Waals surface area contributed by atoms with E-state index in [1.54, 1.807) is 14.7 Å². The molecule has 0 aromatic heterocycles. The summed E-state index contributed by atoms with van der Waals surface area (Å²) in [6, 6.07) is 0. The minimum Gasteiger partial charge on any atom is -0.480 e. The maximum absolute atomic E-state index is 12.7. The summed E-state index contributed by atoms with van der Waals surface area (Å²) in [7, 11) is 0. The highest BCUT2D eigenvalue weighted by Crippen LogP contribution is 2.22. The lowest BCUT2D eigenvalue weighted by Gasteiger charge is -2.32. The smallest absolute Gasteiger partial charge is 0.317 e. The first-order valence-corrected chi connectivity index (χ1v) is 14.7. The van der Waals surface area contributed by atoms with Crippen molar-refractivity contribution in [1.82, 2.24) is 30.2 Å². The Morgan fingerprint density at radius 3 is 1.39 bits per heavy atom. The van der Waals surface area contributed by atoms with Gasteiger partial charge in [-0.2, -0.15) is 0 Å². The molecule has 2 fully saturated rings. The van der Waals surface area contributed by atoms with E-state index in [1.165, 1.54) is 19.3 Å². The average Bonchev–Trinajstić information content (AvgIpc) is 2.91. The van der Waals surface area contributed by atoms with Gasteiger partial charge < -0.3 is 26.0 Å². The van der Waals surface area contributed by atoms with Crippen LogP contribution in [0.25, 0.3) is 0 Å². The van der Waals surface area contributed by atoms with Crippen molar-refractivity contribution in [3.63, 3.8) is 0 Å². The molecule has 0 bridgehead atoms. The number of carboxylic acids is 3. The molecule has 0 spiro atoms. The zero-order chi connectivity index (χ0) is 30.0. The minimum absolute atomic E-state index is 0.00754. The summed E-state index contributed by atoms with van der Waals surface area (Å²) in [5.41, 5.74) is 0. The Labute approximate surface area is 242 Å². The third-order valence-corrected chi connectivity index (χ3v) is 7.59. The molecule has 2 amide bonds. The number of carboxylic acid groups (broad SMARTS) is 3. The molecule has 1 saturated heterocycles. The van der Waals surface area contributed by atoms with Gasteiger partial charge >= 0.3 is 17.9 Å². The van der Waals surface area contributed by atoms with Crippen molar-refractivity contribution in [3.8, 4) is 0 Å². The van der Waals surface area contributed by atoms with Gasteiger partial charge in [0.1, 0.15) is 0 Å². The lowest BCUT2D eigenvalue weighted by Crippen LogP contribution is -2.49. The lowest BCUT2D eigenvalue weighted by molar-refractivity contribution is -0.140. The maximum Gasteiger partial charge on any atom is 0.317 e. The fourth-order valence-electron chi connectivity index (χ4n) is 5.26. The van der Waals surface area contributed by atoms with E-state index in [9.17, 15) is 39.3 Å². The summed E-state index contributed by atoms with van der Waals surface area (Å²) in [5.74, 6) is -2.67. The Hall–Kier alpha value is -2.81. The van der Waals surface area contributed by atoms with Crippen molar-refractivity contribution in [3.05, 3.63) is 0 Å². The third kappa shape index (κ3) is 16.3. The number of carbonyl (C=O) groups excluding carboxylic acids is 2. The number of rotatable bonds is 14. The highest BCUT2D eigenvalue weighted by Gasteiger charge is 2.21. The van der Waals surface area contributed by atoms with Crippen molar-refractivity contribution in [2.45, 2.75) is 44.9 Å². The number of hydrogen-bond donors (Lipinski definition) is 5. The van der Waals surface area contributed by atoms with Gasteiger partial charge in [0.05, 0.1) is 26.2 Å². The Morgan fingerprint density at radius 1 is 0.561 bits per heavy atom. The summed E-state index contributed by atoms with van der Waals surface area (Å²) in [5, 5.41) is 33.8. The summed E-state index contributed by atoms with van der Waals surface area (Å²) >= 11 is 0. The van der Waals surface area contributed by atoms with Gasteiger partial charge in [0.25, 0.3) is 0 Å². The predicted octanol–water partition coefficient (Wildman–Crippen LogP) is -0.945. The van der Waals surface area contributed by atoms with Crippen LogP contribution in [0, 0.1) is 5.92 Å². The summed E-state index contributed by atoms with van der Waals surface area (Å²) in [6.45, 7) is 3.21. The monoisotopic (exact) mass is 584 g/mol. The average molecular weight is 585 g/mol. The first-order chi connectivity index (χ1) is 19.6. The van der Waals surface area contributed by atoms with Gasteiger partial charge in [-0.25, -0.2) is 0 Å². The zero-order valence-corrected chi connectivity index (χ0v) is 24.1. The summed E-state index contributed by atoms with van der Waals surface area (Å²) in [4.78, 5) is 65.9. The number of aliphatic carboxylic acids is 3. The van der Waals surface area contributed by atoms with E-state index in [1.807, 2.05) is 4.90 Å². The Kier molecular flexibility index (Phi) is 16.2. The molecular weight excluding hydrogens is 536 g/mol. The Morgan fingerprint density at radius 2 is 0.976 bits per heavy atom. The van der Waals surface area contributed by atoms with Gasteiger partial charge in [0, 0.05) is 71.9 Å². The first kappa shape index (κ1) is 34.4. The maximum atomic E-state index is 12.7. The molecule has 1 saturated carbocycles. The van der Waals surface area contributed by atoms with E-state index in [-0.39, 0.29) is 38.0 Å². The number of carbonyl (C=O) groups is 5. The third-order valence-electron chi connectivity index (χ3n) is 7.59. The van der Waals surface area contributed by atoms with Crippen LogP contribution in [0.15, 0.2) is 0 Å². The van der Waals surface area contributed by atoms with Gasteiger partial charge in [-0.1, -0.05) is 19.3 Å². The van der Waals surface area contributed by atoms with E-state index >= 15 is 0 Å². The summed E-state index contributed by atoms with van der Waals surface area (Å²) < 4.78 is 0. The molecule has 1 aliphatic carbocycles. The second-order valence-electron chi connectivity index (χ2n) is 11.0. The Bertz CT molecular complexity index is 822. The number of nitrogens with one attached hydrogen (secondary N) is 2. The van der Waals surface area contributed by atoms with Crippen molar-refractivity contribution in [1.29, 1.82) is 0 Å². The van der Waals surface area contributed by atoms with Crippen molar-refractivity contribution < 1.29 is 39.3 Å². The highest BCUT2D eigenvalue weighted by atomic mass is 16.4. The summed E-state index contributed by atoms with van der Waals surface area (Å²) in [6.07, 6.45) is 6.92. The molecule has 0 aromatic rings. The molecule has 0 atom stereocenters. The number of nitrogens with zero attached hydrogens (tertiary/aromatic N) is 4. The van der Waals surface area contributed by atoms with E-state index in [0.29, 0.717) is 77.7 Å². The van der Waals surface area contributed by atoms with Crippen LogP contribution in [0.5, 0.6) is 0 Å². The zero-order valence-electron chi connectivity index (χ0n) is 24.1. The molecule has 0 radical (unpaired) electrons. The van der Waals surface area contributed by atoms with Crippen LogP contribution in [-0.4, -0.2) is 156 Å². The van der Waals surface area contributed by atoms with E-state index < -0.39 is 17.9 Å². The SMILES string of the molecule is O=C(O)CN1CCN(CC(=O)O)CCN(CC(=O)NCCCC(=O)NCC2CCCCC2)CCN(CC(=O)O)CC1. The molecule has 1 heterocycles. The van der Waals surface area contributed by atoms with Crippen molar-refractivity contribution in [2.75, 3.05) is 91.6 Å². The van der Waals surface area contributed by atoms with Crippen LogP contribution in [0.2, 0.25) is 0 Å². The van der Waals surface area contributed by atoms with Crippen LogP contribution < -0.4 is 10.6 Å². The van der Waals surface area contributed by atoms with Crippen molar-refractivity contribution >= 4 is 29.7 Å². The molecule has 1 aliphatic heterocycles. The highest BCUT2D eigenvalue weighted by molar-refractivity contribution is 5.78. The van der Waals surface area contributed by atoms with Crippen LogP contribution in [0.4, 0.5) is 0 Å². The molecular formula is C27H48N6O8. The molecule has 5 N–H and O–H groups in total. The molecule has 2 aliphatic rings. The van der Waals surface area contributed by atoms with E-state index in [2.05, 4.69) is 10.6 Å². The quantitative estimate of drug-likeness (QED) is 0.158. The minimum atomic E-state index is -1.01. The fraction of sp³-hybridized carbons (Fsp3) is 0.815. The van der Waals surface area contributed by atoms with Crippen LogP contribution >= 0.6 is 0 Å². The molecule has 234 valence electrons. The van der Waals surface area contributed by atoms with Gasteiger partial charge in [0.15, 0.2) is 0 Å². The lowest BCUT2D eigenvalue weighted by atomic mass is 9.89. The van der Waals surface area contributed by atoms with Crippen molar-refractivity contribution in [2.24, 2.45) is 5.92 Å². The van der Waals surface area contributed by atoms with E-state index in [0.717, 1.165) is 19.4 Å². The van der Waals surface area contributed by atoms with Gasteiger partial charge in [-0.15, -0.1) is 0 Å². The Balaban J connectivity index is 1.86. The first-order valence-electron chi connectivity index (χ1n) is 14.7. The van der Waals surface area contributed by atoms with Crippen LogP contribution in [-0.2, 0) is 24.0 Å². The fourth-order valence-corrected chi connectivity index (χ4v) is 5.26. The number of amides is 2. The van der Waals surface area contributed by atoms with Gasteiger partial charge in [0.2, 0.25) is 11.8 Å².